The number of sulfonamides is 1. The minimum absolute atomic E-state index is 0.0941. The lowest BCUT2D eigenvalue weighted by atomic mass is 9.98. The molecule has 160 valence electrons. The van der Waals surface area contributed by atoms with Crippen molar-refractivity contribution in [2.45, 2.75) is 62.3 Å². The molecule has 0 radical (unpaired) electrons. The third kappa shape index (κ3) is 5.99. The molecule has 0 aromatic carbocycles. The van der Waals surface area contributed by atoms with Gasteiger partial charge in [-0.2, -0.15) is 4.31 Å². The number of nitrogens with zero attached hydrogens (tertiary/aromatic N) is 2. The third-order valence-corrected chi connectivity index (χ3v) is 7.68. The maximum atomic E-state index is 12.6. The van der Waals surface area contributed by atoms with Crippen molar-refractivity contribution in [3.8, 4) is 0 Å². The van der Waals surface area contributed by atoms with E-state index in [4.69, 9.17) is 0 Å². The van der Waals surface area contributed by atoms with E-state index in [-0.39, 0.29) is 16.9 Å². The smallest absolute Gasteiger partial charge is 0.309 e. The summed E-state index contributed by atoms with van der Waals surface area (Å²) in [5.74, 6) is -1.00. The largest absolute Gasteiger partial charge is 0.348 e. The minimum atomic E-state index is -3.53. The summed E-state index contributed by atoms with van der Waals surface area (Å²) in [4.78, 5) is 28.3. The van der Waals surface area contributed by atoms with Crippen LogP contribution >= 0.6 is 0 Å². The van der Waals surface area contributed by atoms with Crippen LogP contribution in [-0.2, 0) is 19.6 Å². The molecule has 29 heavy (non-hydrogen) atoms. The highest BCUT2D eigenvalue weighted by Crippen LogP contribution is 2.23. The fourth-order valence-electron chi connectivity index (χ4n) is 3.99. The zero-order valence-corrected chi connectivity index (χ0v) is 17.5. The number of pyridine rings is 1. The Morgan fingerprint density at radius 2 is 1.72 bits per heavy atom. The fourth-order valence-corrected chi connectivity index (χ4v) is 5.43. The van der Waals surface area contributed by atoms with Gasteiger partial charge in [-0.1, -0.05) is 25.7 Å². The monoisotopic (exact) mass is 422 g/mol. The molecule has 1 aliphatic heterocycles. The predicted octanol–water partition coefficient (Wildman–Crippen LogP) is 1.44. The number of rotatable bonds is 5. The van der Waals surface area contributed by atoms with Crippen LogP contribution in [0.25, 0.3) is 0 Å². The topological polar surface area (TPSA) is 108 Å². The summed E-state index contributed by atoms with van der Waals surface area (Å²) < 4.78 is 26.7. The van der Waals surface area contributed by atoms with E-state index in [9.17, 15) is 18.0 Å². The van der Waals surface area contributed by atoms with E-state index in [1.54, 1.807) is 18.3 Å². The van der Waals surface area contributed by atoms with Gasteiger partial charge in [0, 0.05) is 38.1 Å². The highest BCUT2D eigenvalue weighted by atomic mass is 32.2. The third-order valence-electron chi connectivity index (χ3n) is 5.79. The van der Waals surface area contributed by atoms with Gasteiger partial charge in [0.1, 0.15) is 4.90 Å². The van der Waals surface area contributed by atoms with E-state index in [0.717, 1.165) is 25.7 Å². The zero-order chi connectivity index (χ0) is 20.7. The molecule has 2 amide bonds. The van der Waals surface area contributed by atoms with Gasteiger partial charge < -0.3 is 10.6 Å². The van der Waals surface area contributed by atoms with Crippen LogP contribution in [0.5, 0.6) is 0 Å². The Balaban J connectivity index is 1.41. The van der Waals surface area contributed by atoms with E-state index in [2.05, 4.69) is 15.6 Å². The van der Waals surface area contributed by atoms with Crippen LogP contribution < -0.4 is 10.6 Å². The Kier molecular flexibility index (Phi) is 7.60. The minimum Gasteiger partial charge on any atom is -0.348 e. The Morgan fingerprint density at radius 3 is 2.34 bits per heavy atom. The number of hydrogen-bond acceptors (Lipinski definition) is 5. The Hall–Kier alpha value is -2.00. The van der Waals surface area contributed by atoms with Gasteiger partial charge in [0.25, 0.3) is 0 Å². The molecule has 1 aromatic heterocycles. The van der Waals surface area contributed by atoms with Crippen LogP contribution in [0.1, 0.15) is 51.4 Å². The van der Waals surface area contributed by atoms with Crippen molar-refractivity contribution in [3.63, 3.8) is 0 Å². The molecule has 2 fully saturated rings. The van der Waals surface area contributed by atoms with Crippen molar-refractivity contribution < 1.29 is 18.0 Å². The first-order valence-electron chi connectivity index (χ1n) is 10.5. The van der Waals surface area contributed by atoms with Gasteiger partial charge in [-0.3, -0.25) is 14.6 Å². The van der Waals surface area contributed by atoms with Crippen LogP contribution in [0, 0.1) is 5.92 Å². The standard InChI is InChI=1S/C20H30N4O4S/c25-19(20(26)23-17-6-3-1-2-4-7-17)22-14-16-9-12-24(13-10-16)29(27,28)18-8-5-11-21-15-18/h5,8,11,15-17H,1-4,6-7,9-10,12-14H2,(H,22,25)(H,23,26). The molecule has 1 aromatic rings. The lowest BCUT2D eigenvalue weighted by molar-refractivity contribution is -0.139. The number of amides is 2. The quantitative estimate of drug-likeness (QED) is 0.551. The van der Waals surface area contributed by atoms with E-state index >= 15 is 0 Å². The van der Waals surface area contributed by atoms with Gasteiger partial charge in [-0.15, -0.1) is 0 Å². The fraction of sp³-hybridized carbons (Fsp3) is 0.650. The summed E-state index contributed by atoms with van der Waals surface area (Å²) in [6.07, 6.45) is 10.6. The summed E-state index contributed by atoms with van der Waals surface area (Å²) in [6, 6.07) is 3.24. The van der Waals surface area contributed by atoms with Crippen LogP contribution in [0.15, 0.2) is 29.4 Å². The number of carbonyl (C=O) groups excluding carboxylic acids is 2. The highest BCUT2D eigenvalue weighted by molar-refractivity contribution is 7.89. The van der Waals surface area contributed by atoms with Crippen molar-refractivity contribution in [1.82, 2.24) is 19.9 Å². The van der Waals surface area contributed by atoms with Gasteiger partial charge in [0.15, 0.2) is 0 Å². The molecule has 1 aliphatic carbocycles. The summed E-state index contributed by atoms with van der Waals surface area (Å²) in [5, 5.41) is 5.56. The van der Waals surface area contributed by atoms with Crippen molar-refractivity contribution in [3.05, 3.63) is 24.5 Å². The van der Waals surface area contributed by atoms with Crippen molar-refractivity contribution in [2.24, 2.45) is 5.92 Å². The second-order valence-electron chi connectivity index (χ2n) is 7.91. The Labute approximate surface area is 172 Å². The van der Waals surface area contributed by atoms with Crippen molar-refractivity contribution >= 4 is 21.8 Å². The SMILES string of the molecule is O=C(NCC1CCN(S(=O)(=O)c2cccnc2)CC1)C(=O)NC1CCCCCC1. The van der Waals surface area contributed by atoms with Gasteiger partial charge in [0.05, 0.1) is 0 Å². The van der Waals surface area contributed by atoms with Crippen LogP contribution in [0.3, 0.4) is 0 Å². The second kappa shape index (κ2) is 10.2. The average Bonchev–Trinajstić information content (AvgIpc) is 3.01. The molecular weight excluding hydrogens is 392 g/mol. The molecule has 8 nitrogen and oxygen atoms in total. The number of carbonyl (C=O) groups is 2. The normalized spacial score (nSPS) is 20.0. The van der Waals surface area contributed by atoms with Gasteiger partial charge in [-0.05, 0) is 43.7 Å². The maximum absolute atomic E-state index is 12.6. The summed E-state index contributed by atoms with van der Waals surface area (Å²) in [7, 11) is -3.53. The molecule has 2 heterocycles. The molecule has 0 bridgehead atoms. The zero-order valence-electron chi connectivity index (χ0n) is 16.7. The molecule has 2 aliphatic rings. The molecule has 0 spiro atoms. The number of nitrogens with one attached hydrogen (secondary N) is 2. The van der Waals surface area contributed by atoms with E-state index in [0.29, 0.717) is 32.5 Å². The molecule has 0 unspecified atom stereocenters. The lowest BCUT2D eigenvalue weighted by Gasteiger charge is -2.31. The molecule has 2 N–H and O–H groups in total. The molecule has 9 heteroatoms. The number of aromatic nitrogens is 1. The van der Waals surface area contributed by atoms with E-state index in [1.807, 2.05) is 0 Å². The van der Waals surface area contributed by atoms with Gasteiger partial charge >= 0.3 is 11.8 Å². The van der Waals surface area contributed by atoms with Gasteiger partial charge in [0.2, 0.25) is 10.0 Å². The van der Waals surface area contributed by atoms with Crippen molar-refractivity contribution in [1.29, 1.82) is 0 Å². The average molecular weight is 423 g/mol. The molecule has 1 saturated carbocycles. The number of piperidine rings is 1. The first-order chi connectivity index (χ1) is 14.0. The van der Waals surface area contributed by atoms with Gasteiger partial charge in [-0.25, -0.2) is 8.42 Å². The van der Waals surface area contributed by atoms with E-state index < -0.39 is 21.8 Å². The number of hydrogen-bond donors (Lipinski definition) is 2. The lowest BCUT2D eigenvalue weighted by Crippen LogP contribution is -2.47. The predicted molar refractivity (Wildman–Crippen MR) is 108 cm³/mol. The molecule has 0 atom stereocenters. The summed E-state index contributed by atoms with van der Waals surface area (Å²) in [5.41, 5.74) is 0. The molecular formula is C20H30N4O4S. The van der Waals surface area contributed by atoms with Crippen LogP contribution in [-0.4, -0.2) is 55.2 Å². The van der Waals surface area contributed by atoms with Crippen molar-refractivity contribution in [2.75, 3.05) is 19.6 Å². The first kappa shape index (κ1) is 21.7. The van der Waals surface area contributed by atoms with Crippen LogP contribution in [0.2, 0.25) is 0 Å². The maximum Gasteiger partial charge on any atom is 0.309 e. The first-order valence-corrected chi connectivity index (χ1v) is 11.9. The summed E-state index contributed by atoms with van der Waals surface area (Å²) in [6.45, 7) is 1.18. The summed E-state index contributed by atoms with van der Waals surface area (Å²) >= 11 is 0. The molecule has 3 rings (SSSR count). The van der Waals surface area contributed by atoms with Crippen LogP contribution in [0.4, 0.5) is 0 Å². The second-order valence-corrected chi connectivity index (χ2v) is 9.85. The highest BCUT2D eigenvalue weighted by Gasteiger charge is 2.30. The Bertz CT molecular complexity index is 784. The Morgan fingerprint density at radius 1 is 1.03 bits per heavy atom. The van der Waals surface area contributed by atoms with E-state index in [1.165, 1.54) is 23.3 Å². The molecule has 1 saturated heterocycles.